The Hall–Kier alpha value is -0.330. The van der Waals surface area contributed by atoms with Gasteiger partial charge in [0.05, 0.1) is 0 Å². The second kappa shape index (κ2) is 11.7. The lowest BCUT2D eigenvalue weighted by molar-refractivity contribution is -0.123. The quantitative estimate of drug-likeness (QED) is 0.404. The summed E-state index contributed by atoms with van der Waals surface area (Å²) in [5.41, 5.74) is 0. The monoisotopic (exact) mass is 254 g/mol. The Kier molecular flexibility index (Phi) is 11.5. The molecule has 0 aromatic rings. The average Bonchev–Trinajstić information content (AvgIpc) is 2.34. The molecule has 0 amide bonds. The van der Waals surface area contributed by atoms with Crippen molar-refractivity contribution >= 4 is 5.78 Å². The molecule has 1 nitrogen and oxygen atoms in total. The van der Waals surface area contributed by atoms with Crippen molar-refractivity contribution in [3.63, 3.8) is 0 Å². The van der Waals surface area contributed by atoms with Gasteiger partial charge in [-0.05, 0) is 25.2 Å². The fourth-order valence-corrected chi connectivity index (χ4v) is 2.53. The molecule has 0 spiro atoms. The third-order valence-corrected chi connectivity index (χ3v) is 3.79. The van der Waals surface area contributed by atoms with Crippen LogP contribution >= 0.6 is 0 Å². The van der Waals surface area contributed by atoms with Crippen LogP contribution in [0.3, 0.4) is 0 Å². The predicted octanol–water partition coefficient (Wildman–Crippen LogP) is 5.77. The summed E-state index contributed by atoms with van der Waals surface area (Å²) in [6, 6.07) is 0. The summed E-state index contributed by atoms with van der Waals surface area (Å²) in [5.74, 6) is 1.70. The summed E-state index contributed by atoms with van der Waals surface area (Å²) in [7, 11) is 0. The Morgan fingerprint density at radius 3 is 2.06 bits per heavy atom. The van der Waals surface area contributed by atoms with E-state index in [-0.39, 0.29) is 0 Å². The Morgan fingerprint density at radius 2 is 1.50 bits per heavy atom. The summed E-state index contributed by atoms with van der Waals surface area (Å²) < 4.78 is 0. The van der Waals surface area contributed by atoms with Crippen LogP contribution in [-0.2, 0) is 4.79 Å². The summed E-state index contributed by atoms with van der Waals surface area (Å²) >= 11 is 0. The van der Waals surface area contributed by atoms with Gasteiger partial charge in [-0.1, -0.05) is 66.2 Å². The molecule has 1 unspecified atom stereocenters. The molecule has 0 aliphatic carbocycles. The molecule has 0 aliphatic heterocycles. The van der Waals surface area contributed by atoms with Gasteiger partial charge in [0.1, 0.15) is 5.78 Å². The zero-order valence-electron chi connectivity index (χ0n) is 13.1. The number of Topliss-reactive ketones (excluding diaryl/α,β-unsaturated/α-hetero) is 1. The van der Waals surface area contributed by atoms with Crippen LogP contribution in [0.5, 0.6) is 0 Å². The minimum absolute atomic E-state index is 0.343. The lowest BCUT2D eigenvalue weighted by Gasteiger charge is -2.12. The topological polar surface area (TPSA) is 17.1 Å². The van der Waals surface area contributed by atoms with Gasteiger partial charge in [-0.2, -0.15) is 0 Å². The first kappa shape index (κ1) is 17.7. The minimum Gasteiger partial charge on any atom is -0.299 e. The molecule has 0 saturated heterocycles. The summed E-state index contributed by atoms with van der Waals surface area (Å²) in [4.78, 5) is 11.9. The third-order valence-electron chi connectivity index (χ3n) is 3.79. The molecule has 0 radical (unpaired) electrons. The highest BCUT2D eigenvalue weighted by Gasteiger charge is 2.14. The van der Waals surface area contributed by atoms with Crippen LogP contribution in [0.15, 0.2) is 0 Å². The molecule has 0 N–H and O–H groups in total. The van der Waals surface area contributed by atoms with Crippen molar-refractivity contribution in [3.05, 3.63) is 0 Å². The fourth-order valence-electron chi connectivity index (χ4n) is 2.53. The first-order valence-corrected chi connectivity index (χ1v) is 8.14. The van der Waals surface area contributed by atoms with E-state index in [9.17, 15) is 4.79 Å². The van der Waals surface area contributed by atoms with Crippen molar-refractivity contribution in [2.24, 2.45) is 11.8 Å². The van der Waals surface area contributed by atoms with Crippen molar-refractivity contribution in [1.29, 1.82) is 0 Å². The van der Waals surface area contributed by atoms with Crippen LogP contribution in [-0.4, -0.2) is 5.78 Å². The summed E-state index contributed by atoms with van der Waals surface area (Å²) in [5, 5.41) is 0. The molecule has 0 bridgehead atoms. The van der Waals surface area contributed by atoms with Crippen molar-refractivity contribution in [1.82, 2.24) is 0 Å². The van der Waals surface area contributed by atoms with Gasteiger partial charge >= 0.3 is 0 Å². The largest absolute Gasteiger partial charge is 0.299 e. The Morgan fingerprint density at radius 1 is 0.889 bits per heavy atom. The maximum Gasteiger partial charge on any atom is 0.135 e. The summed E-state index contributed by atoms with van der Waals surface area (Å²) in [6.07, 6.45) is 11.8. The molecule has 0 aromatic carbocycles. The van der Waals surface area contributed by atoms with E-state index < -0.39 is 0 Å². The minimum atomic E-state index is 0.343. The van der Waals surface area contributed by atoms with E-state index in [1.807, 2.05) is 0 Å². The highest BCUT2D eigenvalue weighted by atomic mass is 16.1. The number of carbonyl (C=O) groups excluding carboxylic acids is 1. The van der Waals surface area contributed by atoms with Crippen LogP contribution < -0.4 is 0 Å². The van der Waals surface area contributed by atoms with Gasteiger partial charge in [0, 0.05) is 12.3 Å². The van der Waals surface area contributed by atoms with Crippen molar-refractivity contribution < 1.29 is 4.79 Å². The molecular weight excluding hydrogens is 220 g/mol. The third kappa shape index (κ3) is 9.67. The number of hydrogen-bond donors (Lipinski definition) is 0. The Bertz CT molecular complexity index is 196. The molecule has 0 fully saturated rings. The molecule has 0 heterocycles. The van der Waals surface area contributed by atoms with Gasteiger partial charge < -0.3 is 0 Å². The van der Waals surface area contributed by atoms with E-state index in [0.717, 1.165) is 38.0 Å². The van der Waals surface area contributed by atoms with Crippen LogP contribution in [0.1, 0.15) is 91.9 Å². The number of hydrogen-bond acceptors (Lipinski definition) is 1. The van der Waals surface area contributed by atoms with E-state index in [2.05, 4.69) is 27.7 Å². The van der Waals surface area contributed by atoms with E-state index in [0.29, 0.717) is 11.7 Å². The lowest BCUT2D eigenvalue weighted by atomic mass is 9.92. The SMILES string of the molecule is CCCC(CC)C(=O)CCCCCCCC(C)C. The fraction of sp³-hybridized carbons (Fsp3) is 0.941. The molecular formula is C17H34O. The van der Waals surface area contributed by atoms with Crippen molar-refractivity contribution in [2.45, 2.75) is 91.9 Å². The van der Waals surface area contributed by atoms with Gasteiger partial charge in [-0.15, -0.1) is 0 Å². The van der Waals surface area contributed by atoms with Crippen LogP contribution in [0, 0.1) is 11.8 Å². The Balaban J connectivity index is 3.44. The molecule has 1 atom stereocenters. The van der Waals surface area contributed by atoms with Crippen LogP contribution in [0.25, 0.3) is 0 Å². The van der Waals surface area contributed by atoms with E-state index >= 15 is 0 Å². The normalized spacial score (nSPS) is 12.9. The van der Waals surface area contributed by atoms with Crippen LogP contribution in [0.2, 0.25) is 0 Å². The number of rotatable bonds is 12. The van der Waals surface area contributed by atoms with E-state index in [1.165, 1.54) is 32.1 Å². The maximum atomic E-state index is 11.9. The maximum absolute atomic E-state index is 11.9. The second-order valence-electron chi connectivity index (χ2n) is 6.06. The molecule has 0 saturated carbocycles. The smallest absolute Gasteiger partial charge is 0.135 e. The molecule has 1 heteroatoms. The first-order chi connectivity index (χ1) is 8.61. The van der Waals surface area contributed by atoms with Gasteiger partial charge in [-0.3, -0.25) is 4.79 Å². The van der Waals surface area contributed by atoms with Crippen LogP contribution in [0.4, 0.5) is 0 Å². The molecule has 0 aliphatic rings. The zero-order chi connectivity index (χ0) is 13.8. The van der Waals surface area contributed by atoms with Gasteiger partial charge in [0.2, 0.25) is 0 Å². The Labute approximate surface area is 115 Å². The van der Waals surface area contributed by atoms with Gasteiger partial charge in [0.15, 0.2) is 0 Å². The molecule has 108 valence electrons. The zero-order valence-corrected chi connectivity index (χ0v) is 13.1. The van der Waals surface area contributed by atoms with Gasteiger partial charge in [0.25, 0.3) is 0 Å². The average molecular weight is 254 g/mol. The number of unbranched alkanes of at least 4 members (excludes halogenated alkanes) is 4. The van der Waals surface area contributed by atoms with Gasteiger partial charge in [-0.25, -0.2) is 0 Å². The molecule has 0 aromatic heterocycles. The standard InChI is InChI=1S/C17H34O/c1-5-12-16(6-2)17(18)14-11-9-7-8-10-13-15(3)4/h15-16H,5-14H2,1-4H3. The lowest BCUT2D eigenvalue weighted by Crippen LogP contribution is -2.13. The highest BCUT2D eigenvalue weighted by Crippen LogP contribution is 2.17. The van der Waals surface area contributed by atoms with Crippen molar-refractivity contribution in [3.8, 4) is 0 Å². The number of ketones is 1. The van der Waals surface area contributed by atoms with E-state index in [4.69, 9.17) is 0 Å². The second-order valence-corrected chi connectivity index (χ2v) is 6.06. The van der Waals surface area contributed by atoms with E-state index in [1.54, 1.807) is 0 Å². The first-order valence-electron chi connectivity index (χ1n) is 8.14. The number of carbonyl (C=O) groups is 1. The molecule has 0 rings (SSSR count). The highest BCUT2D eigenvalue weighted by molar-refractivity contribution is 5.80. The summed E-state index contributed by atoms with van der Waals surface area (Å²) in [6.45, 7) is 8.89. The van der Waals surface area contributed by atoms with Crippen molar-refractivity contribution in [2.75, 3.05) is 0 Å². The predicted molar refractivity (Wildman–Crippen MR) is 80.9 cm³/mol. The molecule has 18 heavy (non-hydrogen) atoms.